The first-order valence-corrected chi connectivity index (χ1v) is 14.7. The third kappa shape index (κ3) is 16.4. The molecule has 1 N–H and O–H groups in total. The van der Waals surface area contributed by atoms with Crippen molar-refractivity contribution in [3.63, 3.8) is 0 Å². The molecule has 1 aromatic rings. The van der Waals surface area contributed by atoms with Gasteiger partial charge in [-0.1, -0.05) is 117 Å². The fourth-order valence-electron chi connectivity index (χ4n) is 4.56. The molecule has 0 fully saturated rings. The Morgan fingerprint density at radius 3 is 1.71 bits per heavy atom. The second-order valence-corrected chi connectivity index (χ2v) is 10.1. The molecule has 0 saturated carbocycles. The van der Waals surface area contributed by atoms with Crippen LogP contribution < -0.4 is 9.47 Å². The lowest BCUT2D eigenvalue weighted by molar-refractivity contribution is 0.199. The Hall–Kier alpha value is -1.22. The van der Waals surface area contributed by atoms with Crippen molar-refractivity contribution in [1.82, 2.24) is 0 Å². The molecular weight excluding hydrogens is 420 g/mol. The molecule has 1 unspecified atom stereocenters. The fraction of sp³-hybridized carbons (Fsp3) is 0.806. The van der Waals surface area contributed by atoms with Crippen molar-refractivity contribution in [2.75, 3.05) is 19.8 Å². The largest absolute Gasteiger partial charge is 0.493 e. The second kappa shape index (κ2) is 22.3. The van der Waals surface area contributed by atoms with Crippen LogP contribution >= 0.6 is 0 Å². The molecule has 1 rings (SSSR count). The van der Waals surface area contributed by atoms with Crippen LogP contribution in [-0.4, -0.2) is 24.9 Å². The van der Waals surface area contributed by atoms with Gasteiger partial charge in [-0.25, -0.2) is 0 Å². The molecule has 0 aromatic heterocycles. The van der Waals surface area contributed by atoms with Gasteiger partial charge in [0, 0.05) is 6.07 Å². The van der Waals surface area contributed by atoms with Crippen molar-refractivity contribution in [2.45, 2.75) is 136 Å². The fourth-order valence-corrected chi connectivity index (χ4v) is 4.56. The maximum Gasteiger partial charge on any atom is 0.123 e. The number of rotatable bonds is 24. The maximum absolute atomic E-state index is 9.14. The first-order chi connectivity index (χ1) is 16.7. The van der Waals surface area contributed by atoms with Crippen molar-refractivity contribution >= 4 is 0 Å². The summed E-state index contributed by atoms with van der Waals surface area (Å²) in [5, 5.41) is 9.14. The van der Waals surface area contributed by atoms with Crippen LogP contribution in [0.4, 0.5) is 0 Å². The van der Waals surface area contributed by atoms with Crippen LogP contribution in [0.3, 0.4) is 0 Å². The molecule has 0 aliphatic heterocycles. The third-order valence-electron chi connectivity index (χ3n) is 6.90. The van der Waals surface area contributed by atoms with Crippen molar-refractivity contribution in [1.29, 1.82) is 0 Å². The van der Waals surface area contributed by atoms with Crippen LogP contribution in [0.2, 0.25) is 0 Å². The van der Waals surface area contributed by atoms with E-state index >= 15 is 0 Å². The first-order valence-electron chi connectivity index (χ1n) is 14.7. The molecule has 1 atom stereocenters. The SMILES string of the molecule is CCCCCCCCCCCCCCCc1cc(OCCO)cc(OCC(CC)CCCC)c1. The van der Waals surface area contributed by atoms with Gasteiger partial charge in [-0.15, -0.1) is 0 Å². The Kier molecular flexibility index (Phi) is 20.2. The van der Waals surface area contributed by atoms with Crippen LogP contribution in [-0.2, 0) is 6.42 Å². The van der Waals surface area contributed by atoms with E-state index in [2.05, 4.69) is 32.9 Å². The molecule has 0 aliphatic rings. The van der Waals surface area contributed by atoms with Gasteiger partial charge in [-0.05, 0) is 42.9 Å². The Labute approximate surface area is 212 Å². The number of aliphatic hydroxyl groups excluding tert-OH is 1. The predicted octanol–water partition coefficient (Wildman–Crippen LogP) is 9.29. The van der Waals surface area contributed by atoms with Crippen molar-refractivity contribution in [2.24, 2.45) is 5.92 Å². The minimum Gasteiger partial charge on any atom is -0.493 e. The Bertz CT molecular complexity index is 572. The molecule has 0 spiro atoms. The van der Waals surface area contributed by atoms with Crippen LogP contribution in [0, 0.1) is 5.92 Å². The van der Waals surface area contributed by atoms with Gasteiger partial charge in [0.2, 0.25) is 0 Å². The molecule has 0 aliphatic carbocycles. The summed E-state index contributed by atoms with van der Waals surface area (Å²) in [7, 11) is 0. The zero-order valence-corrected chi connectivity index (χ0v) is 22.9. The lowest BCUT2D eigenvalue weighted by Crippen LogP contribution is -2.11. The molecule has 0 heterocycles. The van der Waals surface area contributed by atoms with Crippen LogP contribution in [0.15, 0.2) is 18.2 Å². The topological polar surface area (TPSA) is 38.7 Å². The van der Waals surface area contributed by atoms with Crippen LogP contribution in [0.5, 0.6) is 11.5 Å². The molecule has 0 radical (unpaired) electrons. The van der Waals surface area contributed by atoms with E-state index in [9.17, 15) is 0 Å². The predicted molar refractivity (Wildman–Crippen MR) is 147 cm³/mol. The summed E-state index contributed by atoms with van der Waals surface area (Å²) < 4.78 is 11.9. The smallest absolute Gasteiger partial charge is 0.123 e. The maximum atomic E-state index is 9.14. The minimum atomic E-state index is 0.0359. The van der Waals surface area contributed by atoms with Gasteiger partial charge in [-0.2, -0.15) is 0 Å². The molecule has 0 saturated heterocycles. The number of ether oxygens (including phenoxy) is 2. The standard InChI is InChI=1S/C31H56O3/c1-4-7-9-10-11-12-13-14-15-16-17-18-19-21-29-24-30(33-23-22-32)26-31(25-29)34-27-28(6-3)20-8-5-2/h24-26,28,32H,4-23,27H2,1-3H3. The van der Waals surface area contributed by atoms with E-state index in [0.29, 0.717) is 12.5 Å². The summed E-state index contributed by atoms with van der Waals surface area (Å²) in [6.45, 7) is 7.93. The van der Waals surface area contributed by atoms with Gasteiger partial charge < -0.3 is 14.6 Å². The molecule has 0 bridgehead atoms. The minimum absolute atomic E-state index is 0.0359. The molecule has 1 aromatic carbocycles. The van der Waals surface area contributed by atoms with Crippen LogP contribution in [0.1, 0.15) is 135 Å². The van der Waals surface area contributed by atoms with Crippen molar-refractivity contribution < 1.29 is 14.6 Å². The van der Waals surface area contributed by atoms with E-state index in [0.717, 1.165) is 30.9 Å². The first kappa shape index (κ1) is 30.8. The average molecular weight is 477 g/mol. The molecule has 3 heteroatoms. The summed E-state index contributed by atoms with van der Waals surface area (Å²) >= 11 is 0. The lowest BCUT2D eigenvalue weighted by atomic mass is 10.0. The molecule has 198 valence electrons. The summed E-state index contributed by atoms with van der Waals surface area (Å²) in [5.41, 5.74) is 1.29. The summed E-state index contributed by atoms with van der Waals surface area (Å²) in [6, 6.07) is 6.30. The van der Waals surface area contributed by atoms with Gasteiger partial charge >= 0.3 is 0 Å². The van der Waals surface area contributed by atoms with Gasteiger partial charge in [0.05, 0.1) is 13.2 Å². The molecule has 0 amide bonds. The van der Waals surface area contributed by atoms with E-state index in [4.69, 9.17) is 14.6 Å². The number of unbranched alkanes of at least 4 members (excludes halogenated alkanes) is 13. The summed E-state index contributed by atoms with van der Waals surface area (Å²) in [6.07, 6.45) is 23.9. The third-order valence-corrected chi connectivity index (χ3v) is 6.90. The van der Waals surface area contributed by atoms with E-state index in [1.807, 2.05) is 6.07 Å². The van der Waals surface area contributed by atoms with E-state index in [-0.39, 0.29) is 6.61 Å². The number of benzene rings is 1. The van der Waals surface area contributed by atoms with Gasteiger partial charge in [0.15, 0.2) is 0 Å². The zero-order valence-electron chi connectivity index (χ0n) is 22.9. The highest BCUT2D eigenvalue weighted by atomic mass is 16.5. The zero-order chi connectivity index (χ0) is 24.7. The lowest BCUT2D eigenvalue weighted by Gasteiger charge is -2.17. The number of hydrogen-bond acceptors (Lipinski definition) is 3. The Balaban J connectivity index is 2.30. The number of aliphatic hydroxyl groups is 1. The normalized spacial score (nSPS) is 12.1. The van der Waals surface area contributed by atoms with E-state index < -0.39 is 0 Å². The van der Waals surface area contributed by atoms with Crippen molar-refractivity contribution in [3.05, 3.63) is 23.8 Å². The number of aryl methyl sites for hydroxylation is 1. The highest BCUT2D eigenvalue weighted by Crippen LogP contribution is 2.26. The monoisotopic (exact) mass is 476 g/mol. The summed E-state index contributed by atoms with van der Waals surface area (Å²) in [5.74, 6) is 2.35. The van der Waals surface area contributed by atoms with Crippen molar-refractivity contribution in [3.8, 4) is 11.5 Å². The molecule has 3 nitrogen and oxygen atoms in total. The molecular formula is C31H56O3. The second-order valence-electron chi connectivity index (χ2n) is 10.1. The van der Waals surface area contributed by atoms with Crippen LogP contribution in [0.25, 0.3) is 0 Å². The Morgan fingerprint density at radius 1 is 0.647 bits per heavy atom. The van der Waals surface area contributed by atoms with E-state index in [1.54, 1.807) is 0 Å². The quantitative estimate of drug-likeness (QED) is 0.151. The van der Waals surface area contributed by atoms with E-state index in [1.165, 1.54) is 108 Å². The van der Waals surface area contributed by atoms with Gasteiger partial charge in [0.25, 0.3) is 0 Å². The summed E-state index contributed by atoms with van der Waals surface area (Å²) in [4.78, 5) is 0. The van der Waals surface area contributed by atoms with Gasteiger partial charge in [-0.3, -0.25) is 0 Å². The molecule has 34 heavy (non-hydrogen) atoms. The highest BCUT2D eigenvalue weighted by Gasteiger charge is 2.09. The average Bonchev–Trinajstić information content (AvgIpc) is 2.85. The van der Waals surface area contributed by atoms with Gasteiger partial charge in [0.1, 0.15) is 18.1 Å². The highest BCUT2D eigenvalue weighted by molar-refractivity contribution is 5.38. The Morgan fingerprint density at radius 2 is 1.18 bits per heavy atom. The number of hydrogen-bond donors (Lipinski definition) is 1.